The third-order valence-corrected chi connectivity index (χ3v) is 4.29. The van der Waals surface area contributed by atoms with E-state index in [4.69, 9.17) is 9.26 Å². The highest BCUT2D eigenvalue weighted by molar-refractivity contribution is 5.55. The molecule has 6 heteroatoms. The monoisotopic (exact) mass is 336 g/mol. The maximum absolute atomic E-state index is 6.02. The predicted molar refractivity (Wildman–Crippen MR) is 94.0 cm³/mol. The molecule has 128 valence electrons. The molecule has 1 aliphatic rings. The number of hydrogen-bond acceptors (Lipinski definition) is 6. The molecular weight excluding hydrogens is 316 g/mol. The van der Waals surface area contributed by atoms with Crippen LogP contribution in [-0.2, 0) is 11.3 Å². The zero-order valence-electron chi connectivity index (χ0n) is 13.9. The molecule has 25 heavy (non-hydrogen) atoms. The highest BCUT2D eigenvalue weighted by atomic mass is 16.5. The van der Waals surface area contributed by atoms with Crippen molar-refractivity contribution in [1.29, 1.82) is 0 Å². The van der Waals surface area contributed by atoms with Crippen molar-refractivity contribution < 1.29 is 9.26 Å². The summed E-state index contributed by atoms with van der Waals surface area (Å²) >= 11 is 0. The quantitative estimate of drug-likeness (QED) is 0.712. The summed E-state index contributed by atoms with van der Waals surface area (Å²) in [4.78, 5) is 10.9. The van der Waals surface area contributed by atoms with Crippen LogP contribution in [0.15, 0.2) is 59.3 Å². The number of ether oxygens (including phenoxy) is 1. The second-order valence-corrected chi connectivity index (χ2v) is 6.11. The first-order valence-electron chi connectivity index (χ1n) is 8.54. The van der Waals surface area contributed by atoms with Crippen LogP contribution in [-0.4, -0.2) is 34.3 Å². The van der Waals surface area contributed by atoms with Gasteiger partial charge in [-0.3, -0.25) is 4.98 Å². The third kappa shape index (κ3) is 3.85. The van der Waals surface area contributed by atoms with Crippen LogP contribution in [0.2, 0.25) is 0 Å². The van der Waals surface area contributed by atoms with Crippen molar-refractivity contribution in [3.8, 4) is 11.4 Å². The summed E-state index contributed by atoms with van der Waals surface area (Å²) in [6.07, 6.45) is 4.00. The van der Waals surface area contributed by atoms with Gasteiger partial charge in [-0.15, -0.1) is 0 Å². The molecule has 0 unspecified atom stereocenters. The van der Waals surface area contributed by atoms with E-state index in [1.807, 2.05) is 48.5 Å². The van der Waals surface area contributed by atoms with E-state index in [-0.39, 0.29) is 6.10 Å². The maximum Gasteiger partial charge on any atom is 0.324 e. The highest BCUT2D eigenvalue weighted by Crippen LogP contribution is 2.23. The fourth-order valence-corrected chi connectivity index (χ4v) is 2.98. The second-order valence-electron chi connectivity index (χ2n) is 6.11. The molecule has 2 aromatic heterocycles. The molecule has 4 rings (SSSR count). The van der Waals surface area contributed by atoms with Gasteiger partial charge in [0, 0.05) is 24.8 Å². The van der Waals surface area contributed by atoms with Crippen LogP contribution in [0.3, 0.4) is 0 Å². The molecule has 1 fully saturated rings. The van der Waals surface area contributed by atoms with Crippen LogP contribution >= 0.6 is 0 Å². The zero-order chi connectivity index (χ0) is 16.9. The summed E-state index contributed by atoms with van der Waals surface area (Å²) in [6.45, 7) is 2.18. The van der Waals surface area contributed by atoms with E-state index in [1.54, 1.807) is 6.20 Å². The molecule has 1 saturated heterocycles. The number of hydrogen-bond donors (Lipinski definition) is 0. The first kappa shape index (κ1) is 15.8. The van der Waals surface area contributed by atoms with Gasteiger partial charge in [-0.05, 0) is 25.0 Å². The summed E-state index contributed by atoms with van der Waals surface area (Å²) in [5, 5.41) is 4.10. The minimum atomic E-state index is 0.142. The molecule has 0 N–H and O–H groups in total. The van der Waals surface area contributed by atoms with Crippen LogP contribution in [0.4, 0.5) is 6.01 Å². The Labute approximate surface area is 146 Å². The number of piperidine rings is 1. The number of benzene rings is 1. The van der Waals surface area contributed by atoms with Gasteiger partial charge < -0.3 is 14.2 Å². The van der Waals surface area contributed by atoms with Crippen molar-refractivity contribution >= 4 is 6.01 Å². The topological polar surface area (TPSA) is 64.3 Å². The summed E-state index contributed by atoms with van der Waals surface area (Å²) < 4.78 is 11.5. The van der Waals surface area contributed by atoms with Gasteiger partial charge in [-0.25, -0.2) is 0 Å². The summed E-state index contributed by atoms with van der Waals surface area (Å²) in [6, 6.07) is 16.3. The molecule has 0 bridgehead atoms. The lowest BCUT2D eigenvalue weighted by molar-refractivity contribution is 0.0288. The van der Waals surface area contributed by atoms with Crippen molar-refractivity contribution in [3.05, 3.63) is 60.4 Å². The van der Waals surface area contributed by atoms with E-state index in [9.17, 15) is 0 Å². The Morgan fingerprint density at radius 3 is 2.84 bits per heavy atom. The molecule has 0 radical (unpaired) electrons. The SMILES string of the molecule is c1ccc(-c2noc(N3CCC[C@H](OCc4ccccn4)C3)n2)cc1. The van der Waals surface area contributed by atoms with E-state index in [2.05, 4.69) is 20.0 Å². The first-order valence-corrected chi connectivity index (χ1v) is 8.54. The fraction of sp³-hybridized carbons (Fsp3) is 0.316. The molecular formula is C19H20N4O2. The molecule has 3 heterocycles. The fourth-order valence-electron chi connectivity index (χ4n) is 2.98. The van der Waals surface area contributed by atoms with Gasteiger partial charge in [-0.2, -0.15) is 4.98 Å². The Morgan fingerprint density at radius 1 is 1.12 bits per heavy atom. The molecule has 0 spiro atoms. The minimum absolute atomic E-state index is 0.142. The van der Waals surface area contributed by atoms with Gasteiger partial charge in [0.15, 0.2) is 0 Å². The Bertz CT molecular complexity index is 791. The molecule has 3 aromatic rings. The molecule has 0 saturated carbocycles. The lowest BCUT2D eigenvalue weighted by Gasteiger charge is -2.31. The first-order chi connectivity index (χ1) is 12.4. The molecule has 1 atom stereocenters. The zero-order valence-corrected chi connectivity index (χ0v) is 13.9. The molecule has 1 aromatic carbocycles. The molecule has 0 aliphatic carbocycles. The van der Waals surface area contributed by atoms with Crippen molar-refractivity contribution in [3.63, 3.8) is 0 Å². The van der Waals surface area contributed by atoms with Crippen molar-refractivity contribution in [1.82, 2.24) is 15.1 Å². The van der Waals surface area contributed by atoms with Crippen LogP contribution in [0.1, 0.15) is 18.5 Å². The maximum atomic E-state index is 6.02. The summed E-state index contributed by atoms with van der Waals surface area (Å²) in [5.74, 6) is 0.618. The standard InChI is InChI=1S/C19H20N4O2/c1-2-7-15(8-3-1)18-21-19(25-22-18)23-12-6-10-17(13-23)24-14-16-9-4-5-11-20-16/h1-5,7-9,11,17H,6,10,12-14H2/t17-/m0/s1. The van der Waals surface area contributed by atoms with Crippen LogP contribution < -0.4 is 4.90 Å². The molecule has 0 amide bonds. The lowest BCUT2D eigenvalue weighted by atomic mass is 10.1. The lowest BCUT2D eigenvalue weighted by Crippen LogP contribution is -2.39. The normalized spacial score (nSPS) is 17.6. The number of rotatable bonds is 5. The van der Waals surface area contributed by atoms with Gasteiger partial charge >= 0.3 is 6.01 Å². The smallest absolute Gasteiger partial charge is 0.324 e. The van der Waals surface area contributed by atoms with E-state index in [1.165, 1.54) is 0 Å². The van der Waals surface area contributed by atoms with E-state index in [0.29, 0.717) is 18.4 Å². The van der Waals surface area contributed by atoms with Crippen LogP contribution in [0.5, 0.6) is 0 Å². The number of pyridine rings is 1. The van der Waals surface area contributed by atoms with Crippen molar-refractivity contribution in [2.24, 2.45) is 0 Å². The Kier molecular flexibility index (Phi) is 4.70. The predicted octanol–water partition coefficient (Wildman–Crippen LogP) is 3.32. The van der Waals surface area contributed by atoms with Crippen molar-refractivity contribution in [2.75, 3.05) is 18.0 Å². The Hall–Kier alpha value is -2.73. The number of nitrogens with zero attached hydrogens (tertiary/aromatic N) is 4. The van der Waals surface area contributed by atoms with E-state index < -0.39 is 0 Å². The van der Waals surface area contributed by atoms with E-state index in [0.717, 1.165) is 37.2 Å². The summed E-state index contributed by atoms with van der Waals surface area (Å²) in [5.41, 5.74) is 1.90. The van der Waals surface area contributed by atoms with Gasteiger partial charge in [0.2, 0.25) is 5.82 Å². The summed E-state index contributed by atoms with van der Waals surface area (Å²) in [7, 11) is 0. The average molecular weight is 336 g/mol. The van der Waals surface area contributed by atoms with Gasteiger partial charge in [0.1, 0.15) is 0 Å². The molecule has 1 aliphatic heterocycles. The molecule has 6 nitrogen and oxygen atoms in total. The van der Waals surface area contributed by atoms with Crippen LogP contribution in [0.25, 0.3) is 11.4 Å². The largest absolute Gasteiger partial charge is 0.370 e. The third-order valence-electron chi connectivity index (χ3n) is 4.29. The van der Waals surface area contributed by atoms with E-state index >= 15 is 0 Å². The highest BCUT2D eigenvalue weighted by Gasteiger charge is 2.24. The Morgan fingerprint density at radius 2 is 2.00 bits per heavy atom. The van der Waals surface area contributed by atoms with Gasteiger partial charge in [0.05, 0.1) is 18.4 Å². The van der Waals surface area contributed by atoms with Gasteiger partial charge in [0.25, 0.3) is 0 Å². The second kappa shape index (κ2) is 7.44. The number of anilines is 1. The van der Waals surface area contributed by atoms with Gasteiger partial charge in [-0.1, -0.05) is 41.6 Å². The minimum Gasteiger partial charge on any atom is -0.370 e. The van der Waals surface area contributed by atoms with Crippen LogP contribution in [0, 0.1) is 0 Å². The number of aromatic nitrogens is 3. The van der Waals surface area contributed by atoms with Crippen molar-refractivity contribution in [2.45, 2.75) is 25.6 Å². The average Bonchev–Trinajstić information content (AvgIpc) is 3.18. The Balaban J connectivity index is 1.39.